The van der Waals surface area contributed by atoms with E-state index in [0.29, 0.717) is 16.7 Å². The van der Waals surface area contributed by atoms with Crippen molar-refractivity contribution in [3.63, 3.8) is 0 Å². The molecule has 1 atom stereocenters. The zero-order chi connectivity index (χ0) is 17.0. The first kappa shape index (κ1) is 17.5. The zero-order valence-corrected chi connectivity index (χ0v) is 15.3. The lowest BCUT2D eigenvalue weighted by Crippen LogP contribution is -2.28. The summed E-state index contributed by atoms with van der Waals surface area (Å²) in [5.41, 5.74) is 1.65. The van der Waals surface area contributed by atoms with E-state index in [0.717, 1.165) is 11.3 Å². The lowest BCUT2D eigenvalue weighted by molar-refractivity contribution is 0.310. The third kappa shape index (κ3) is 4.11. The van der Waals surface area contributed by atoms with Gasteiger partial charge < -0.3 is 15.0 Å². The van der Waals surface area contributed by atoms with Gasteiger partial charge in [0.25, 0.3) is 5.56 Å². The van der Waals surface area contributed by atoms with Crippen LogP contribution in [-0.4, -0.2) is 42.4 Å². The Balaban J connectivity index is 2.21. The van der Waals surface area contributed by atoms with Crippen LogP contribution in [0, 0.1) is 0 Å². The van der Waals surface area contributed by atoms with Crippen molar-refractivity contribution in [2.24, 2.45) is 7.05 Å². The second-order valence-corrected chi connectivity index (χ2v) is 6.23. The molecule has 0 aliphatic carbocycles. The molecule has 2 aromatic rings. The monoisotopic (exact) mass is 380 g/mol. The maximum Gasteiger partial charge on any atom is 0.282 e. The number of aromatic nitrogens is 2. The van der Waals surface area contributed by atoms with Gasteiger partial charge in [-0.05, 0) is 47.7 Å². The predicted octanol–water partition coefficient (Wildman–Crippen LogP) is 2.27. The van der Waals surface area contributed by atoms with Gasteiger partial charge >= 0.3 is 0 Å². The van der Waals surface area contributed by atoms with Gasteiger partial charge in [-0.15, -0.1) is 0 Å². The zero-order valence-electron chi connectivity index (χ0n) is 13.7. The fourth-order valence-corrected chi connectivity index (χ4v) is 2.79. The van der Waals surface area contributed by atoms with Gasteiger partial charge in [0, 0.05) is 13.6 Å². The molecule has 0 bridgehead atoms. The SMILES string of the molecule is COc1cccc(C(CNc2cnn(C)c(=O)c2Br)N(C)C)c1. The van der Waals surface area contributed by atoms with Gasteiger partial charge in [-0.3, -0.25) is 4.79 Å². The van der Waals surface area contributed by atoms with E-state index in [2.05, 4.69) is 37.3 Å². The molecular formula is C16H21BrN4O2. The number of methoxy groups -OCH3 is 1. The van der Waals surface area contributed by atoms with Gasteiger partial charge in [0.15, 0.2) is 0 Å². The van der Waals surface area contributed by atoms with Crippen LogP contribution in [0.15, 0.2) is 39.7 Å². The van der Waals surface area contributed by atoms with E-state index in [-0.39, 0.29) is 11.6 Å². The minimum atomic E-state index is -0.169. The molecule has 1 heterocycles. The van der Waals surface area contributed by atoms with Gasteiger partial charge in [0.1, 0.15) is 10.2 Å². The number of rotatable bonds is 6. The number of ether oxygens (including phenoxy) is 1. The van der Waals surface area contributed by atoms with Crippen molar-refractivity contribution < 1.29 is 4.74 Å². The van der Waals surface area contributed by atoms with Gasteiger partial charge in [-0.25, -0.2) is 4.68 Å². The minimum Gasteiger partial charge on any atom is -0.497 e. The summed E-state index contributed by atoms with van der Waals surface area (Å²) in [5, 5.41) is 7.33. The minimum absolute atomic E-state index is 0.126. The van der Waals surface area contributed by atoms with E-state index in [1.54, 1.807) is 20.4 Å². The Bertz CT molecular complexity index is 730. The summed E-state index contributed by atoms with van der Waals surface area (Å²) in [6.45, 7) is 0.633. The third-order valence-electron chi connectivity index (χ3n) is 3.67. The highest BCUT2D eigenvalue weighted by Crippen LogP contribution is 2.24. The van der Waals surface area contributed by atoms with E-state index in [4.69, 9.17) is 4.74 Å². The maximum atomic E-state index is 11.9. The molecule has 0 amide bonds. The average Bonchev–Trinajstić information content (AvgIpc) is 2.54. The largest absolute Gasteiger partial charge is 0.497 e. The first-order chi connectivity index (χ1) is 10.9. The second kappa shape index (κ2) is 7.61. The average molecular weight is 381 g/mol. The normalized spacial score (nSPS) is 12.3. The summed E-state index contributed by atoms with van der Waals surface area (Å²) in [6, 6.07) is 8.10. The molecule has 6 nitrogen and oxygen atoms in total. The number of halogens is 1. The molecule has 2 rings (SSSR count). The van der Waals surface area contributed by atoms with E-state index in [1.807, 2.05) is 32.3 Å². The molecule has 7 heteroatoms. The summed E-state index contributed by atoms with van der Waals surface area (Å²) in [5.74, 6) is 0.825. The quantitative estimate of drug-likeness (QED) is 0.832. The number of nitrogens with one attached hydrogen (secondary N) is 1. The van der Waals surface area contributed by atoms with Gasteiger partial charge in [0.05, 0.1) is 25.0 Å². The predicted molar refractivity (Wildman–Crippen MR) is 95.1 cm³/mol. The Hall–Kier alpha value is -1.86. The fourth-order valence-electron chi connectivity index (χ4n) is 2.29. The van der Waals surface area contributed by atoms with Crippen molar-refractivity contribution in [1.82, 2.24) is 14.7 Å². The number of likely N-dealkylation sites (N-methyl/N-ethyl adjacent to an activating group) is 1. The van der Waals surface area contributed by atoms with Gasteiger partial charge in [0.2, 0.25) is 0 Å². The molecular weight excluding hydrogens is 360 g/mol. The van der Waals surface area contributed by atoms with Crippen molar-refractivity contribution in [3.8, 4) is 5.75 Å². The summed E-state index contributed by atoms with van der Waals surface area (Å²) in [4.78, 5) is 14.0. The maximum absolute atomic E-state index is 11.9. The number of anilines is 1. The van der Waals surface area contributed by atoms with E-state index in [9.17, 15) is 4.79 Å². The van der Waals surface area contributed by atoms with E-state index < -0.39 is 0 Å². The van der Waals surface area contributed by atoms with Crippen LogP contribution in [0.2, 0.25) is 0 Å². The summed E-state index contributed by atoms with van der Waals surface area (Å²) in [6.07, 6.45) is 1.64. The smallest absolute Gasteiger partial charge is 0.282 e. The van der Waals surface area contributed by atoms with Crippen molar-refractivity contribution >= 4 is 21.6 Å². The molecule has 0 aliphatic heterocycles. The molecule has 0 radical (unpaired) electrons. The van der Waals surface area contributed by atoms with Crippen LogP contribution in [0.5, 0.6) is 5.75 Å². The standard InChI is InChI=1S/C16H21BrN4O2/c1-20(2)14(11-6-5-7-12(8-11)23-4)10-18-13-9-19-21(3)16(22)15(13)17/h5-9,14,18H,10H2,1-4H3. The van der Waals surface area contributed by atoms with E-state index >= 15 is 0 Å². The molecule has 1 aromatic carbocycles. The molecule has 23 heavy (non-hydrogen) atoms. The van der Waals surface area contributed by atoms with Crippen LogP contribution < -0.4 is 15.6 Å². The topological polar surface area (TPSA) is 59.4 Å². The summed E-state index contributed by atoms with van der Waals surface area (Å²) < 4.78 is 7.07. The van der Waals surface area contributed by atoms with Crippen LogP contribution in [0.3, 0.4) is 0 Å². The molecule has 124 valence electrons. The summed E-state index contributed by atoms with van der Waals surface area (Å²) >= 11 is 3.33. The molecule has 0 aliphatic rings. The first-order valence-corrected chi connectivity index (χ1v) is 7.99. The molecule has 0 saturated heterocycles. The molecule has 0 saturated carbocycles. The van der Waals surface area contributed by atoms with Crippen LogP contribution in [0.4, 0.5) is 5.69 Å². The molecule has 1 aromatic heterocycles. The Kier molecular flexibility index (Phi) is 5.79. The van der Waals surface area contributed by atoms with E-state index in [1.165, 1.54) is 4.68 Å². The Labute approximate surface area is 144 Å². The molecule has 1 unspecified atom stereocenters. The third-order valence-corrected chi connectivity index (χ3v) is 4.43. The van der Waals surface area contributed by atoms with Gasteiger partial charge in [-0.2, -0.15) is 5.10 Å². The van der Waals surface area contributed by atoms with Crippen molar-refractivity contribution in [2.45, 2.75) is 6.04 Å². The fraction of sp³-hybridized carbons (Fsp3) is 0.375. The lowest BCUT2D eigenvalue weighted by atomic mass is 10.1. The molecule has 1 N–H and O–H groups in total. The number of hydrogen-bond acceptors (Lipinski definition) is 5. The van der Waals surface area contributed by atoms with Gasteiger partial charge in [-0.1, -0.05) is 12.1 Å². The number of benzene rings is 1. The van der Waals surface area contributed by atoms with Crippen molar-refractivity contribution in [1.29, 1.82) is 0 Å². The Morgan fingerprint density at radius 2 is 2.17 bits per heavy atom. The van der Waals surface area contributed by atoms with Crippen LogP contribution >= 0.6 is 15.9 Å². The van der Waals surface area contributed by atoms with Crippen LogP contribution in [-0.2, 0) is 7.05 Å². The highest BCUT2D eigenvalue weighted by molar-refractivity contribution is 9.10. The van der Waals surface area contributed by atoms with Crippen molar-refractivity contribution in [3.05, 3.63) is 50.9 Å². The highest BCUT2D eigenvalue weighted by Gasteiger charge is 2.16. The number of nitrogens with zero attached hydrogens (tertiary/aromatic N) is 3. The van der Waals surface area contributed by atoms with Crippen LogP contribution in [0.1, 0.15) is 11.6 Å². The Morgan fingerprint density at radius 3 is 2.83 bits per heavy atom. The number of aryl methyl sites for hydroxylation is 1. The molecule has 0 fully saturated rings. The summed E-state index contributed by atoms with van der Waals surface area (Å²) in [7, 11) is 7.31. The molecule has 0 spiro atoms. The Morgan fingerprint density at radius 1 is 1.43 bits per heavy atom. The first-order valence-electron chi connectivity index (χ1n) is 7.20. The van der Waals surface area contributed by atoms with Crippen LogP contribution in [0.25, 0.3) is 0 Å². The van der Waals surface area contributed by atoms with Crippen molar-refractivity contribution in [2.75, 3.05) is 33.1 Å². The number of hydrogen-bond donors (Lipinski definition) is 1. The lowest BCUT2D eigenvalue weighted by Gasteiger charge is -2.26. The second-order valence-electron chi connectivity index (χ2n) is 5.44. The highest BCUT2D eigenvalue weighted by atomic mass is 79.9.